The molecule has 2 saturated heterocycles. The largest absolute Gasteiger partial charge is 0.453 e. The van der Waals surface area contributed by atoms with Crippen LogP contribution < -0.4 is 16.1 Å². The number of imidazole rings is 2. The van der Waals surface area contributed by atoms with Gasteiger partial charge in [-0.25, -0.2) is 19.6 Å². The highest BCUT2D eigenvalue weighted by Gasteiger charge is 2.39. The van der Waals surface area contributed by atoms with Crippen molar-refractivity contribution < 1.29 is 37.5 Å². The van der Waals surface area contributed by atoms with E-state index in [1.807, 2.05) is 27.7 Å². The molecule has 316 valence electrons. The average Bonchev–Trinajstić information content (AvgIpc) is 4.09. The highest BCUT2D eigenvalue weighted by molar-refractivity contribution is 5.88. The zero-order valence-electron chi connectivity index (χ0n) is 34.3. The number of amides is 4. The topological polar surface area (TPSA) is 205 Å². The van der Waals surface area contributed by atoms with E-state index in [1.54, 1.807) is 64.7 Å². The summed E-state index contributed by atoms with van der Waals surface area (Å²) in [4.78, 5) is 83.7. The molecule has 4 atom stereocenters. The van der Waals surface area contributed by atoms with Crippen molar-refractivity contribution in [1.29, 1.82) is 0 Å². The number of benzene rings is 2. The number of methoxy groups -OCH3 is 2. The lowest BCUT2D eigenvalue weighted by Gasteiger charge is -2.30. The number of carbonyl (C=O) groups excluding carboxylic acids is 4. The van der Waals surface area contributed by atoms with Crippen molar-refractivity contribution in [3.05, 3.63) is 82.5 Å². The molecule has 5 aromatic rings. The van der Waals surface area contributed by atoms with Crippen LogP contribution in [0.3, 0.4) is 0 Å². The molecule has 3 aromatic heterocycles. The van der Waals surface area contributed by atoms with Crippen LogP contribution in [-0.2, 0) is 19.1 Å². The number of likely N-dealkylation sites (tertiary alicyclic amines) is 2. The van der Waals surface area contributed by atoms with Gasteiger partial charge in [-0.3, -0.25) is 14.4 Å². The number of carbonyl (C=O) groups is 4. The first-order valence-corrected chi connectivity index (χ1v) is 20.1. The van der Waals surface area contributed by atoms with E-state index in [9.17, 15) is 24.0 Å². The number of H-pyrrole nitrogens is 2. The van der Waals surface area contributed by atoms with Gasteiger partial charge in [-0.2, -0.15) is 4.39 Å². The van der Waals surface area contributed by atoms with Crippen LogP contribution in [0.25, 0.3) is 44.8 Å². The van der Waals surface area contributed by atoms with Gasteiger partial charge in [0.25, 0.3) is 0 Å². The summed E-state index contributed by atoms with van der Waals surface area (Å²) in [7, 11) is 2.50. The van der Waals surface area contributed by atoms with E-state index >= 15 is 4.39 Å². The van der Waals surface area contributed by atoms with Crippen LogP contribution in [0.4, 0.5) is 14.0 Å². The first-order chi connectivity index (χ1) is 28.8. The molecule has 0 radical (unpaired) electrons. The van der Waals surface area contributed by atoms with Crippen molar-refractivity contribution in [2.75, 3.05) is 27.3 Å². The monoisotopic (exact) mass is 824 g/mol. The summed E-state index contributed by atoms with van der Waals surface area (Å²) in [6.45, 7) is 8.43. The van der Waals surface area contributed by atoms with Crippen molar-refractivity contribution in [2.45, 2.75) is 77.5 Å². The van der Waals surface area contributed by atoms with Crippen LogP contribution in [0.1, 0.15) is 77.1 Å². The van der Waals surface area contributed by atoms with Crippen molar-refractivity contribution in [2.24, 2.45) is 11.8 Å². The van der Waals surface area contributed by atoms with Gasteiger partial charge in [0.05, 0.1) is 55.5 Å². The van der Waals surface area contributed by atoms with Crippen molar-refractivity contribution in [3.63, 3.8) is 0 Å². The predicted molar refractivity (Wildman–Crippen MR) is 219 cm³/mol. The molecule has 2 aliphatic rings. The first-order valence-electron chi connectivity index (χ1n) is 20.1. The molecule has 0 aliphatic carbocycles. The first kappa shape index (κ1) is 41.6. The number of aromatic nitrogens is 4. The zero-order chi connectivity index (χ0) is 42.8. The number of nitrogens with zero attached hydrogens (tertiary/aromatic N) is 4. The number of ether oxygens (including phenoxy) is 2. The average molecular weight is 825 g/mol. The van der Waals surface area contributed by atoms with Gasteiger partial charge >= 0.3 is 12.2 Å². The van der Waals surface area contributed by atoms with E-state index < -0.39 is 35.5 Å². The molecule has 0 bridgehead atoms. The molecule has 0 saturated carbocycles. The Kier molecular flexibility index (Phi) is 12.1. The molecule has 60 heavy (non-hydrogen) atoms. The summed E-state index contributed by atoms with van der Waals surface area (Å²) in [6.07, 6.45) is 4.82. The van der Waals surface area contributed by atoms with Gasteiger partial charge in [-0.1, -0.05) is 52.0 Å². The number of rotatable bonds is 11. The Morgan fingerprint density at radius 1 is 0.750 bits per heavy atom. The molecule has 17 heteroatoms. The maximum Gasteiger partial charge on any atom is 0.407 e. The molecule has 4 amide bonds. The normalized spacial score (nSPS) is 17.6. The Hall–Kier alpha value is -6.52. The number of alkyl carbamates (subject to hydrolysis) is 2. The van der Waals surface area contributed by atoms with E-state index in [0.717, 1.165) is 18.4 Å². The van der Waals surface area contributed by atoms with Gasteiger partial charge in [0.1, 0.15) is 29.3 Å². The van der Waals surface area contributed by atoms with Crippen molar-refractivity contribution in [1.82, 2.24) is 40.4 Å². The van der Waals surface area contributed by atoms with E-state index in [-0.39, 0.29) is 52.5 Å². The minimum Gasteiger partial charge on any atom is -0.453 e. The van der Waals surface area contributed by atoms with E-state index in [4.69, 9.17) is 13.9 Å². The Labute approximate surface area is 345 Å². The quantitative estimate of drug-likeness (QED) is 0.114. The van der Waals surface area contributed by atoms with Crippen LogP contribution in [0, 0.1) is 17.7 Å². The minimum absolute atomic E-state index is 0.0538. The number of halogens is 1. The summed E-state index contributed by atoms with van der Waals surface area (Å²) in [6, 6.07) is 9.56. The molecule has 4 N–H and O–H groups in total. The molecule has 7 rings (SSSR count). The minimum atomic E-state index is -1.03. The predicted octanol–water partition coefficient (Wildman–Crippen LogP) is 6.47. The van der Waals surface area contributed by atoms with E-state index in [0.29, 0.717) is 60.1 Å². The van der Waals surface area contributed by atoms with Gasteiger partial charge in [0, 0.05) is 24.2 Å². The number of fused-ring (bicyclic) bond motifs is 1. The smallest absolute Gasteiger partial charge is 0.407 e. The zero-order valence-corrected chi connectivity index (χ0v) is 34.3. The SMILES string of the molecule is COC(=O)N[C@H](C(=O)N1CCC[C@H]1c1ncc(-c2ccc(-c3oc4ccc(-c5cnc([C@@H]6CCCN6C(=O)[C@@H](NC(=O)OC)C(C)C)[nH]5)cc4c(=O)c3F)cc2)[nH]1)C(C)C. The number of aromatic amines is 2. The molecule has 16 nitrogen and oxygen atoms in total. The Balaban J connectivity index is 1.07. The summed E-state index contributed by atoms with van der Waals surface area (Å²) in [5.74, 6) is -0.846. The Bertz CT molecular complexity index is 2460. The lowest BCUT2D eigenvalue weighted by Crippen LogP contribution is -2.51. The second-order valence-electron chi connectivity index (χ2n) is 15.8. The fourth-order valence-electron chi connectivity index (χ4n) is 8.02. The third kappa shape index (κ3) is 8.20. The molecule has 2 aliphatic heterocycles. The Morgan fingerprint density at radius 3 is 1.70 bits per heavy atom. The molecule has 0 spiro atoms. The highest BCUT2D eigenvalue weighted by atomic mass is 19.1. The van der Waals surface area contributed by atoms with Crippen LogP contribution in [0.2, 0.25) is 0 Å². The molecular formula is C43H49FN8O8. The van der Waals surface area contributed by atoms with Gasteiger partial charge in [-0.15, -0.1) is 0 Å². The highest BCUT2D eigenvalue weighted by Crippen LogP contribution is 2.35. The Morgan fingerprint density at radius 2 is 1.22 bits per heavy atom. The number of nitrogens with one attached hydrogen (secondary N) is 4. The van der Waals surface area contributed by atoms with Crippen molar-refractivity contribution in [3.8, 4) is 33.8 Å². The number of hydrogen-bond acceptors (Lipinski definition) is 10. The van der Waals surface area contributed by atoms with Gasteiger partial charge in [-0.05, 0) is 61.3 Å². The van der Waals surface area contributed by atoms with Crippen LogP contribution in [0.5, 0.6) is 0 Å². The van der Waals surface area contributed by atoms with E-state index in [1.165, 1.54) is 14.2 Å². The maximum atomic E-state index is 15.8. The van der Waals surface area contributed by atoms with Crippen molar-refractivity contribution >= 4 is 35.0 Å². The second-order valence-corrected chi connectivity index (χ2v) is 15.8. The summed E-state index contributed by atoms with van der Waals surface area (Å²) in [5.41, 5.74) is 2.32. The van der Waals surface area contributed by atoms with Crippen LogP contribution in [-0.4, -0.2) is 93.1 Å². The fourth-order valence-corrected chi connectivity index (χ4v) is 8.02. The van der Waals surface area contributed by atoms with Crippen LogP contribution in [0.15, 0.2) is 64.1 Å². The second kappa shape index (κ2) is 17.4. The number of hydrogen-bond donors (Lipinski definition) is 4. The fraction of sp³-hybridized carbons (Fsp3) is 0.419. The third-order valence-corrected chi connectivity index (χ3v) is 11.3. The lowest BCUT2D eigenvalue weighted by atomic mass is 10.0. The molecule has 5 heterocycles. The summed E-state index contributed by atoms with van der Waals surface area (Å²) >= 11 is 0. The van der Waals surface area contributed by atoms with Gasteiger partial charge in [0.2, 0.25) is 23.1 Å². The molecule has 2 aromatic carbocycles. The molecular weight excluding hydrogens is 776 g/mol. The molecule has 0 unspecified atom stereocenters. The maximum absolute atomic E-state index is 15.8. The molecule has 2 fully saturated rings. The van der Waals surface area contributed by atoms with Crippen LogP contribution >= 0.6 is 0 Å². The summed E-state index contributed by atoms with van der Waals surface area (Å²) < 4.78 is 31.3. The third-order valence-electron chi connectivity index (χ3n) is 11.3. The standard InChI is InChI=1S/C43H49FN8O8/c1-22(2)34(49-42(56)58-5)40(54)51-17-7-9-30(51)38-45-20-28(47-38)24-11-13-25(14-12-24)37-33(44)36(53)27-19-26(15-16-32(27)60-37)29-21-46-39(48-29)31-10-8-18-52(31)41(55)35(23(3)4)50-43(57)59-6/h11-16,19-23,30-31,34-35H,7-10,17-18H2,1-6H3,(H,45,47)(H,46,48)(H,49,56)(H,50,57)/t30-,31-,34-,35-/m0/s1. The summed E-state index contributed by atoms with van der Waals surface area (Å²) in [5, 5.41) is 5.35. The van der Waals surface area contributed by atoms with Gasteiger partial charge < -0.3 is 44.3 Å². The van der Waals surface area contributed by atoms with E-state index in [2.05, 4.69) is 30.6 Å². The lowest BCUT2D eigenvalue weighted by molar-refractivity contribution is -0.136. The van der Waals surface area contributed by atoms with Gasteiger partial charge in [0.15, 0.2) is 5.76 Å².